The molecule has 6 heteroatoms. The van der Waals surface area contributed by atoms with Crippen LogP contribution in [0.15, 0.2) is 36.5 Å². The topological polar surface area (TPSA) is 95.9 Å². The maximum Gasteiger partial charge on any atom is 0.305 e. The van der Waals surface area contributed by atoms with Crippen molar-refractivity contribution >= 4 is 11.9 Å². The molecule has 3 N–H and O–H groups in total. The number of esters is 1. The second-order valence-corrected chi connectivity index (χ2v) is 19.3. The lowest BCUT2D eigenvalue weighted by molar-refractivity contribution is -0.143. The van der Waals surface area contributed by atoms with Crippen molar-refractivity contribution in [1.29, 1.82) is 0 Å². The van der Waals surface area contributed by atoms with Crippen LogP contribution in [0.3, 0.4) is 0 Å². The van der Waals surface area contributed by atoms with Crippen LogP contribution in [0.5, 0.6) is 0 Å². The fourth-order valence-electron chi connectivity index (χ4n) is 8.57. The summed E-state index contributed by atoms with van der Waals surface area (Å²) in [6.45, 7) is 4.88. The smallest absolute Gasteiger partial charge is 0.305 e. The molecule has 0 aromatic rings. The van der Waals surface area contributed by atoms with Gasteiger partial charge in [-0.05, 0) is 70.6 Å². The van der Waals surface area contributed by atoms with Gasteiger partial charge in [-0.3, -0.25) is 9.59 Å². The second-order valence-electron chi connectivity index (χ2n) is 19.3. The summed E-state index contributed by atoms with van der Waals surface area (Å²) >= 11 is 0. The number of amides is 1. The van der Waals surface area contributed by atoms with Gasteiger partial charge in [-0.25, -0.2) is 0 Å². The van der Waals surface area contributed by atoms with E-state index in [1.807, 2.05) is 6.08 Å². The zero-order valence-electron chi connectivity index (χ0n) is 42.8. The molecule has 0 aliphatic heterocycles. The van der Waals surface area contributed by atoms with Gasteiger partial charge in [0, 0.05) is 12.8 Å². The molecule has 0 aromatic carbocycles. The molecule has 0 heterocycles. The average molecular weight is 901 g/mol. The standard InChI is InChI=1S/C58H109NO5/c1-3-5-7-9-11-13-15-17-18-19-20-21-22-23-24-27-30-34-38-42-46-50-56(61)55(54-60)59-57(62)51-47-43-39-35-31-28-25-29-33-37-41-45-49-53-64-58(63)52-48-44-40-36-32-26-16-14-12-10-8-6-4-2/h14,16,28,31,39,43,55-56,60-61H,3-13,15,17-27,29-30,32-38,40-42,44-54H2,1-2H3,(H,59,62)/b16-14-,31-28-,43-39-. The Bertz CT molecular complexity index is 1040. The van der Waals surface area contributed by atoms with Gasteiger partial charge in [0.05, 0.1) is 25.4 Å². The highest BCUT2D eigenvalue weighted by molar-refractivity contribution is 5.76. The number of rotatable bonds is 52. The van der Waals surface area contributed by atoms with Crippen LogP contribution in [0.4, 0.5) is 0 Å². The number of carbonyl (C=O) groups is 2. The summed E-state index contributed by atoms with van der Waals surface area (Å²) in [5.41, 5.74) is 0. The summed E-state index contributed by atoms with van der Waals surface area (Å²) in [7, 11) is 0. The van der Waals surface area contributed by atoms with E-state index in [1.165, 1.54) is 205 Å². The van der Waals surface area contributed by atoms with Gasteiger partial charge in [0.25, 0.3) is 0 Å². The summed E-state index contributed by atoms with van der Waals surface area (Å²) in [4.78, 5) is 24.5. The van der Waals surface area contributed by atoms with Crippen LogP contribution in [-0.2, 0) is 14.3 Å². The third-order valence-corrected chi connectivity index (χ3v) is 12.9. The van der Waals surface area contributed by atoms with E-state index in [9.17, 15) is 19.8 Å². The largest absolute Gasteiger partial charge is 0.466 e. The molecular weight excluding hydrogens is 791 g/mol. The van der Waals surface area contributed by atoms with Crippen molar-refractivity contribution in [1.82, 2.24) is 5.32 Å². The van der Waals surface area contributed by atoms with Crippen LogP contribution >= 0.6 is 0 Å². The second kappa shape index (κ2) is 53.7. The molecule has 2 unspecified atom stereocenters. The lowest BCUT2D eigenvalue weighted by Crippen LogP contribution is -2.45. The Kier molecular flexibility index (Phi) is 52.1. The molecule has 0 aliphatic rings. The molecule has 0 spiro atoms. The molecular formula is C58H109NO5. The Hall–Kier alpha value is -1.92. The van der Waals surface area contributed by atoms with E-state index in [2.05, 4.69) is 49.5 Å². The van der Waals surface area contributed by atoms with E-state index < -0.39 is 12.1 Å². The molecule has 64 heavy (non-hydrogen) atoms. The van der Waals surface area contributed by atoms with Gasteiger partial charge in [-0.1, -0.05) is 249 Å². The molecule has 0 bridgehead atoms. The predicted octanol–water partition coefficient (Wildman–Crippen LogP) is 17.2. The molecule has 0 aliphatic carbocycles. The number of aliphatic hydroxyl groups is 2. The molecule has 2 atom stereocenters. The summed E-state index contributed by atoms with van der Waals surface area (Å²) < 4.78 is 5.44. The van der Waals surface area contributed by atoms with E-state index in [4.69, 9.17) is 4.74 Å². The van der Waals surface area contributed by atoms with Gasteiger partial charge in [0.15, 0.2) is 0 Å². The molecule has 0 saturated carbocycles. The van der Waals surface area contributed by atoms with Crippen molar-refractivity contribution in [2.75, 3.05) is 13.2 Å². The highest BCUT2D eigenvalue weighted by Gasteiger charge is 2.19. The van der Waals surface area contributed by atoms with Crippen molar-refractivity contribution in [2.45, 2.75) is 309 Å². The monoisotopic (exact) mass is 900 g/mol. The van der Waals surface area contributed by atoms with Gasteiger partial charge in [-0.2, -0.15) is 0 Å². The van der Waals surface area contributed by atoms with E-state index in [-0.39, 0.29) is 18.5 Å². The zero-order valence-corrected chi connectivity index (χ0v) is 42.8. The Morgan fingerprint density at radius 2 is 0.797 bits per heavy atom. The van der Waals surface area contributed by atoms with Crippen molar-refractivity contribution in [3.05, 3.63) is 36.5 Å². The van der Waals surface area contributed by atoms with E-state index in [1.54, 1.807) is 0 Å². The first kappa shape index (κ1) is 62.1. The third-order valence-electron chi connectivity index (χ3n) is 12.9. The van der Waals surface area contributed by atoms with E-state index >= 15 is 0 Å². The van der Waals surface area contributed by atoms with Crippen LogP contribution in [0.1, 0.15) is 296 Å². The Morgan fingerprint density at radius 1 is 0.438 bits per heavy atom. The van der Waals surface area contributed by atoms with Crippen molar-refractivity contribution in [3.63, 3.8) is 0 Å². The van der Waals surface area contributed by atoms with E-state index in [0.29, 0.717) is 32.3 Å². The van der Waals surface area contributed by atoms with Gasteiger partial charge in [-0.15, -0.1) is 0 Å². The summed E-state index contributed by atoms with van der Waals surface area (Å²) in [5.74, 6) is -0.140. The van der Waals surface area contributed by atoms with Gasteiger partial charge in [0.2, 0.25) is 5.91 Å². The third kappa shape index (κ3) is 49.5. The number of nitrogens with one attached hydrogen (secondary N) is 1. The predicted molar refractivity (Wildman–Crippen MR) is 278 cm³/mol. The molecule has 0 saturated heterocycles. The van der Waals surface area contributed by atoms with Crippen LogP contribution in [-0.4, -0.2) is 47.4 Å². The molecule has 0 rings (SSSR count). The highest BCUT2D eigenvalue weighted by Crippen LogP contribution is 2.17. The van der Waals surface area contributed by atoms with Gasteiger partial charge >= 0.3 is 5.97 Å². The lowest BCUT2D eigenvalue weighted by atomic mass is 10.0. The van der Waals surface area contributed by atoms with Crippen molar-refractivity contribution in [3.8, 4) is 0 Å². The Balaban J connectivity index is 3.55. The fourth-order valence-corrected chi connectivity index (χ4v) is 8.57. The Labute approximate surface area is 398 Å². The maximum absolute atomic E-state index is 12.4. The van der Waals surface area contributed by atoms with Crippen molar-refractivity contribution in [2.24, 2.45) is 0 Å². The van der Waals surface area contributed by atoms with Crippen LogP contribution < -0.4 is 5.32 Å². The minimum Gasteiger partial charge on any atom is -0.466 e. The minimum atomic E-state index is -0.700. The normalized spacial score (nSPS) is 12.9. The molecule has 0 aromatic heterocycles. The summed E-state index contributed by atoms with van der Waals surface area (Å²) in [6.07, 6.45) is 65.7. The minimum absolute atomic E-state index is 0.0261. The molecule has 0 fully saturated rings. The van der Waals surface area contributed by atoms with Crippen molar-refractivity contribution < 1.29 is 24.5 Å². The number of hydrogen-bond acceptors (Lipinski definition) is 5. The first-order chi connectivity index (χ1) is 31.5. The number of hydrogen-bond donors (Lipinski definition) is 3. The van der Waals surface area contributed by atoms with Gasteiger partial charge in [0.1, 0.15) is 0 Å². The van der Waals surface area contributed by atoms with Crippen LogP contribution in [0.25, 0.3) is 0 Å². The average Bonchev–Trinajstić information content (AvgIpc) is 3.29. The zero-order chi connectivity index (χ0) is 46.5. The molecule has 376 valence electrons. The van der Waals surface area contributed by atoms with Crippen LogP contribution in [0, 0.1) is 0 Å². The van der Waals surface area contributed by atoms with Gasteiger partial charge < -0.3 is 20.3 Å². The lowest BCUT2D eigenvalue weighted by Gasteiger charge is -2.22. The molecule has 0 radical (unpaired) electrons. The summed E-state index contributed by atoms with van der Waals surface area (Å²) in [5, 5.41) is 23.2. The number of unbranched alkanes of at least 4 members (excludes halogenated alkanes) is 35. The molecule has 1 amide bonds. The maximum atomic E-state index is 12.4. The summed E-state index contributed by atoms with van der Waals surface area (Å²) in [6, 6.07) is -0.587. The highest BCUT2D eigenvalue weighted by atomic mass is 16.5. The SMILES string of the molecule is CCCCCC/C=C\CCCCCCCC(=O)OCCCCCCCC/C=C\C/C=C\CCC(=O)NC(CO)C(O)CCCCCCCCCCCCCCCCCCCCCCC. The quantitative estimate of drug-likeness (QED) is 0.0321. The first-order valence-corrected chi connectivity index (χ1v) is 28.2. The fraction of sp³-hybridized carbons (Fsp3) is 0.862. The Morgan fingerprint density at radius 3 is 1.25 bits per heavy atom. The van der Waals surface area contributed by atoms with E-state index in [0.717, 1.165) is 51.4 Å². The number of allylic oxidation sites excluding steroid dienone is 6. The first-order valence-electron chi connectivity index (χ1n) is 28.2. The van der Waals surface area contributed by atoms with Crippen LogP contribution in [0.2, 0.25) is 0 Å². The molecule has 6 nitrogen and oxygen atoms in total. The number of carbonyl (C=O) groups excluding carboxylic acids is 2. The number of aliphatic hydroxyl groups excluding tert-OH is 2. The number of ether oxygens (including phenoxy) is 1.